The average Bonchev–Trinajstić information content (AvgIpc) is 4.00. The smallest absolute Gasteiger partial charge is 0.137 e. The first-order chi connectivity index (χ1) is 32.9. The largest absolute Gasteiger partial charge is 0.456 e. The number of rotatable bonds is 6. The number of furan rings is 2. The Balaban J connectivity index is 0.947. The van der Waals surface area contributed by atoms with Crippen LogP contribution in [0.3, 0.4) is 0 Å². The standard InChI is InChI=1S/C65H53NO2/c1-63(2)33-34-64(3,4)58-36-43(23-31-56(58)63)51-38-53-47-13-7-10-16-55(47)65(5,6)57(53)39-52(51)41-21-27-45(28-22-41)66(46-29-30-50-48-14-8-11-17-59(48)68-62(50)37-46)44-25-19-40(20-26-44)42-24-32-61-54(35-42)49-15-9-12-18-60(49)67-61/h7-32,35-39H,33-34H2,1-6H3. The van der Waals surface area contributed by atoms with Gasteiger partial charge in [0, 0.05) is 50.1 Å². The first kappa shape index (κ1) is 40.6. The van der Waals surface area contributed by atoms with Crippen LogP contribution in [-0.4, -0.2) is 0 Å². The molecular weight excluding hydrogens is 827 g/mol. The summed E-state index contributed by atoms with van der Waals surface area (Å²) in [5.41, 5.74) is 22.6. The second kappa shape index (κ2) is 14.7. The third-order valence-corrected chi connectivity index (χ3v) is 15.8. The zero-order valence-corrected chi connectivity index (χ0v) is 39.6. The van der Waals surface area contributed by atoms with E-state index in [4.69, 9.17) is 8.83 Å². The molecule has 2 aromatic heterocycles. The van der Waals surface area contributed by atoms with Crippen LogP contribution in [0.25, 0.3) is 88.4 Å². The average molecular weight is 880 g/mol. The van der Waals surface area contributed by atoms with E-state index in [2.05, 4.69) is 210 Å². The summed E-state index contributed by atoms with van der Waals surface area (Å²) in [6.45, 7) is 14.5. The van der Waals surface area contributed by atoms with Crippen LogP contribution in [0.15, 0.2) is 197 Å². The second-order valence-corrected chi connectivity index (χ2v) is 21.2. The molecule has 0 amide bonds. The van der Waals surface area contributed by atoms with Gasteiger partial charge >= 0.3 is 0 Å². The molecule has 0 N–H and O–H groups in total. The highest BCUT2D eigenvalue weighted by molar-refractivity contribution is 6.07. The molecule has 0 radical (unpaired) electrons. The van der Waals surface area contributed by atoms with Crippen molar-refractivity contribution in [2.45, 2.75) is 70.6 Å². The summed E-state index contributed by atoms with van der Waals surface area (Å²) in [4.78, 5) is 2.35. The van der Waals surface area contributed by atoms with E-state index in [0.29, 0.717) is 0 Å². The van der Waals surface area contributed by atoms with Crippen molar-refractivity contribution in [2.24, 2.45) is 0 Å². The third kappa shape index (κ3) is 6.25. The molecule has 2 aliphatic rings. The Morgan fingerprint density at radius 2 is 0.868 bits per heavy atom. The summed E-state index contributed by atoms with van der Waals surface area (Å²) >= 11 is 0. The van der Waals surface area contributed by atoms with Gasteiger partial charge in [0.15, 0.2) is 0 Å². The molecule has 9 aromatic carbocycles. The molecule has 0 atom stereocenters. The van der Waals surface area contributed by atoms with Gasteiger partial charge in [0.1, 0.15) is 22.3 Å². The van der Waals surface area contributed by atoms with Gasteiger partial charge in [-0.1, -0.05) is 151 Å². The molecule has 0 saturated carbocycles. The minimum absolute atomic E-state index is 0.101. The van der Waals surface area contributed by atoms with Crippen LogP contribution in [-0.2, 0) is 16.2 Å². The zero-order chi connectivity index (χ0) is 46.1. The van der Waals surface area contributed by atoms with Crippen molar-refractivity contribution >= 4 is 60.9 Å². The second-order valence-electron chi connectivity index (χ2n) is 21.2. The Kier molecular flexibility index (Phi) is 8.78. The Labute approximate surface area is 398 Å². The first-order valence-corrected chi connectivity index (χ1v) is 24.2. The van der Waals surface area contributed by atoms with Crippen LogP contribution in [0, 0.1) is 0 Å². The van der Waals surface area contributed by atoms with Gasteiger partial charge in [-0.3, -0.25) is 0 Å². The fourth-order valence-electron chi connectivity index (χ4n) is 11.8. The maximum absolute atomic E-state index is 6.48. The summed E-state index contributed by atoms with van der Waals surface area (Å²) in [5, 5.41) is 4.50. The van der Waals surface area contributed by atoms with Crippen LogP contribution < -0.4 is 4.90 Å². The number of nitrogens with zero attached hydrogens (tertiary/aromatic N) is 1. The predicted octanol–water partition coefficient (Wildman–Crippen LogP) is 18.6. The summed E-state index contributed by atoms with van der Waals surface area (Å²) < 4.78 is 12.7. The summed E-state index contributed by atoms with van der Waals surface area (Å²) in [5.74, 6) is 0. The van der Waals surface area contributed by atoms with E-state index in [0.717, 1.165) is 72.1 Å². The Morgan fingerprint density at radius 3 is 1.60 bits per heavy atom. The highest BCUT2D eigenvalue weighted by Crippen LogP contribution is 2.53. The van der Waals surface area contributed by atoms with Crippen molar-refractivity contribution in [1.82, 2.24) is 0 Å². The van der Waals surface area contributed by atoms with Gasteiger partial charge in [-0.25, -0.2) is 0 Å². The number of fused-ring (bicyclic) bond motifs is 10. The predicted molar refractivity (Wildman–Crippen MR) is 285 cm³/mol. The fourth-order valence-corrected chi connectivity index (χ4v) is 11.8. The molecule has 11 aromatic rings. The number of benzene rings is 9. The highest BCUT2D eigenvalue weighted by atomic mass is 16.3. The van der Waals surface area contributed by atoms with Gasteiger partial charge in [-0.2, -0.15) is 0 Å². The summed E-state index contributed by atoms with van der Waals surface area (Å²) in [6.07, 6.45) is 2.37. The summed E-state index contributed by atoms with van der Waals surface area (Å²) in [7, 11) is 0. The van der Waals surface area contributed by atoms with Gasteiger partial charge in [0.05, 0.1) is 0 Å². The molecule has 3 heteroatoms. The van der Waals surface area contributed by atoms with Crippen molar-refractivity contribution in [1.29, 1.82) is 0 Å². The topological polar surface area (TPSA) is 29.5 Å². The van der Waals surface area contributed by atoms with Crippen molar-refractivity contribution in [2.75, 3.05) is 4.90 Å². The van der Waals surface area contributed by atoms with Crippen molar-refractivity contribution in [3.63, 3.8) is 0 Å². The van der Waals surface area contributed by atoms with E-state index in [1.54, 1.807) is 0 Å². The van der Waals surface area contributed by atoms with Gasteiger partial charge in [-0.15, -0.1) is 0 Å². The fraction of sp³-hybridized carbons (Fsp3) is 0.169. The molecule has 3 nitrogen and oxygen atoms in total. The maximum Gasteiger partial charge on any atom is 0.137 e. The number of hydrogen-bond donors (Lipinski definition) is 0. The Morgan fingerprint density at radius 1 is 0.324 bits per heavy atom. The lowest BCUT2D eigenvalue weighted by Gasteiger charge is -2.42. The van der Waals surface area contributed by atoms with E-state index in [1.165, 1.54) is 68.5 Å². The molecule has 0 spiro atoms. The van der Waals surface area contributed by atoms with Crippen LogP contribution in [0.4, 0.5) is 17.1 Å². The zero-order valence-electron chi connectivity index (χ0n) is 39.6. The number of hydrogen-bond acceptors (Lipinski definition) is 3. The molecular formula is C65H53NO2. The molecule has 2 aliphatic carbocycles. The van der Waals surface area contributed by atoms with Gasteiger partial charge in [0.25, 0.3) is 0 Å². The minimum Gasteiger partial charge on any atom is -0.456 e. The number of para-hydroxylation sites is 2. The van der Waals surface area contributed by atoms with E-state index in [9.17, 15) is 0 Å². The van der Waals surface area contributed by atoms with E-state index in [1.807, 2.05) is 24.3 Å². The first-order valence-electron chi connectivity index (χ1n) is 24.2. The van der Waals surface area contributed by atoms with E-state index in [-0.39, 0.29) is 16.2 Å². The Bertz CT molecular complexity index is 3820. The third-order valence-electron chi connectivity index (χ3n) is 15.8. The van der Waals surface area contributed by atoms with Gasteiger partial charge in [0.2, 0.25) is 0 Å². The molecule has 13 rings (SSSR count). The normalized spacial score (nSPS) is 15.4. The molecule has 68 heavy (non-hydrogen) atoms. The van der Waals surface area contributed by atoms with Crippen molar-refractivity contribution in [3.8, 4) is 44.5 Å². The van der Waals surface area contributed by atoms with E-state index >= 15 is 0 Å². The molecule has 0 aliphatic heterocycles. The quantitative estimate of drug-likeness (QED) is 0.167. The SMILES string of the molecule is CC1(C)CCC(C)(C)c2cc(-c3cc4c(cc3-c3ccc(N(c5ccc(-c6ccc7oc8ccccc8c7c6)cc5)c5ccc6c(c5)oc5ccccc56)cc3)C(C)(C)c3ccccc3-4)ccc21. The van der Waals surface area contributed by atoms with Crippen LogP contribution in [0.5, 0.6) is 0 Å². The van der Waals surface area contributed by atoms with Gasteiger partial charge in [-0.05, 0) is 163 Å². The lowest BCUT2D eigenvalue weighted by Crippen LogP contribution is -2.33. The molecule has 0 bridgehead atoms. The van der Waals surface area contributed by atoms with E-state index < -0.39 is 0 Å². The monoisotopic (exact) mass is 879 g/mol. The Hall–Kier alpha value is -7.62. The highest BCUT2D eigenvalue weighted by Gasteiger charge is 2.39. The molecule has 2 heterocycles. The van der Waals surface area contributed by atoms with Crippen LogP contribution >= 0.6 is 0 Å². The lowest BCUT2D eigenvalue weighted by atomic mass is 9.63. The minimum atomic E-state index is -0.128. The summed E-state index contributed by atoms with van der Waals surface area (Å²) in [6, 6.07) is 69.2. The molecule has 0 fully saturated rings. The lowest BCUT2D eigenvalue weighted by molar-refractivity contribution is 0.332. The van der Waals surface area contributed by atoms with Crippen molar-refractivity contribution in [3.05, 3.63) is 210 Å². The molecule has 330 valence electrons. The molecule has 0 unspecified atom stereocenters. The number of anilines is 3. The maximum atomic E-state index is 6.48. The van der Waals surface area contributed by atoms with Crippen LogP contribution in [0.1, 0.15) is 76.6 Å². The van der Waals surface area contributed by atoms with Crippen LogP contribution in [0.2, 0.25) is 0 Å². The molecule has 0 saturated heterocycles. The van der Waals surface area contributed by atoms with Crippen molar-refractivity contribution < 1.29 is 8.83 Å². The van der Waals surface area contributed by atoms with Gasteiger partial charge < -0.3 is 13.7 Å².